The number of hydrogen-bond acceptors (Lipinski definition) is 2. The largest absolute Gasteiger partial charge is 0.311 e. The molecule has 2 nitrogen and oxygen atoms in total. The number of benzene rings is 1. The van der Waals surface area contributed by atoms with Crippen LogP contribution in [-0.2, 0) is 13.0 Å². The summed E-state index contributed by atoms with van der Waals surface area (Å²) in [5.74, 6) is 0. The van der Waals surface area contributed by atoms with E-state index in [4.69, 9.17) is 23.2 Å². The van der Waals surface area contributed by atoms with E-state index in [1.807, 2.05) is 30.3 Å². The molecule has 2 rings (SSSR count). The predicted octanol–water partition coefficient (Wildman–Crippen LogP) is 3.72. The highest BCUT2D eigenvalue weighted by Crippen LogP contribution is 2.20. The van der Waals surface area contributed by atoms with E-state index in [9.17, 15) is 0 Å². The van der Waals surface area contributed by atoms with Crippen LogP contribution in [0.5, 0.6) is 0 Å². The number of halogens is 2. The molecule has 1 aromatic heterocycles. The Labute approximate surface area is 117 Å². The van der Waals surface area contributed by atoms with E-state index in [0.717, 1.165) is 35.8 Å². The fraction of sp³-hybridized carbons (Fsp3) is 0.214. The summed E-state index contributed by atoms with van der Waals surface area (Å²) < 4.78 is 0. The molecule has 0 fully saturated rings. The maximum absolute atomic E-state index is 6.10. The van der Waals surface area contributed by atoms with Gasteiger partial charge in [-0.2, -0.15) is 0 Å². The van der Waals surface area contributed by atoms with E-state index in [2.05, 4.69) is 10.3 Å². The normalized spacial score (nSPS) is 10.6. The summed E-state index contributed by atoms with van der Waals surface area (Å²) in [6.45, 7) is 1.63. The minimum atomic E-state index is 0.671. The first-order valence-electron chi connectivity index (χ1n) is 5.80. The molecule has 4 heteroatoms. The third kappa shape index (κ3) is 3.98. The van der Waals surface area contributed by atoms with Crippen molar-refractivity contribution in [2.45, 2.75) is 13.0 Å². The van der Waals surface area contributed by atoms with Crippen molar-refractivity contribution in [3.63, 3.8) is 0 Å². The lowest BCUT2D eigenvalue weighted by Crippen LogP contribution is -2.17. The summed E-state index contributed by atoms with van der Waals surface area (Å²) in [6.07, 6.45) is 2.68. The second kappa shape index (κ2) is 6.74. The smallest absolute Gasteiger partial charge is 0.0541 e. The molecule has 0 aliphatic rings. The third-order valence-corrected chi connectivity index (χ3v) is 3.21. The number of hydrogen-bond donors (Lipinski definition) is 1. The molecular weight excluding hydrogens is 267 g/mol. The summed E-state index contributed by atoms with van der Waals surface area (Å²) in [7, 11) is 0. The summed E-state index contributed by atoms with van der Waals surface area (Å²) in [4.78, 5) is 4.25. The zero-order valence-electron chi connectivity index (χ0n) is 9.87. The van der Waals surface area contributed by atoms with Crippen LogP contribution in [0.15, 0.2) is 42.6 Å². The second-order valence-electron chi connectivity index (χ2n) is 3.98. The molecule has 1 aromatic carbocycles. The average molecular weight is 281 g/mol. The lowest BCUT2D eigenvalue weighted by Gasteiger charge is -2.06. The van der Waals surface area contributed by atoms with Crippen LogP contribution >= 0.6 is 23.2 Å². The zero-order valence-corrected chi connectivity index (χ0v) is 11.4. The summed E-state index contributed by atoms with van der Waals surface area (Å²) >= 11 is 12.0. The highest BCUT2D eigenvalue weighted by Gasteiger charge is 2.01. The Kier molecular flexibility index (Phi) is 5.00. The van der Waals surface area contributed by atoms with E-state index in [0.29, 0.717) is 5.02 Å². The molecule has 0 atom stereocenters. The molecule has 0 saturated heterocycles. The van der Waals surface area contributed by atoms with Gasteiger partial charge in [-0.3, -0.25) is 4.98 Å². The number of nitrogens with zero attached hydrogens (tertiary/aromatic N) is 1. The number of rotatable bonds is 5. The molecule has 1 heterocycles. The topological polar surface area (TPSA) is 24.9 Å². The van der Waals surface area contributed by atoms with E-state index in [1.165, 1.54) is 0 Å². The summed E-state index contributed by atoms with van der Waals surface area (Å²) in [6, 6.07) is 11.5. The van der Waals surface area contributed by atoms with Crippen LogP contribution < -0.4 is 5.32 Å². The van der Waals surface area contributed by atoms with Gasteiger partial charge < -0.3 is 5.32 Å². The van der Waals surface area contributed by atoms with Crippen LogP contribution in [0.3, 0.4) is 0 Å². The van der Waals surface area contributed by atoms with Gasteiger partial charge in [0.15, 0.2) is 0 Å². The van der Waals surface area contributed by atoms with Crippen LogP contribution in [0.2, 0.25) is 10.0 Å². The van der Waals surface area contributed by atoms with Crippen molar-refractivity contribution in [3.8, 4) is 0 Å². The van der Waals surface area contributed by atoms with Crippen molar-refractivity contribution in [3.05, 3.63) is 63.9 Å². The van der Waals surface area contributed by atoms with Crippen molar-refractivity contribution < 1.29 is 0 Å². The van der Waals surface area contributed by atoms with Crippen molar-refractivity contribution >= 4 is 23.2 Å². The van der Waals surface area contributed by atoms with E-state index >= 15 is 0 Å². The molecule has 94 valence electrons. The van der Waals surface area contributed by atoms with Gasteiger partial charge in [-0.05, 0) is 42.8 Å². The Balaban J connectivity index is 1.79. The maximum Gasteiger partial charge on any atom is 0.0541 e. The molecule has 0 saturated carbocycles. The van der Waals surface area contributed by atoms with Gasteiger partial charge in [0.2, 0.25) is 0 Å². The van der Waals surface area contributed by atoms with Crippen LogP contribution in [0, 0.1) is 0 Å². The van der Waals surface area contributed by atoms with Crippen LogP contribution in [0.25, 0.3) is 0 Å². The molecule has 0 unspecified atom stereocenters. The minimum Gasteiger partial charge on any atom is -0.311 e. The first kappa shape index (κ1) is 13.3. The Morgan fingerprint density at radius 1 is 1.11 bits per heavy atom. The van der Waals surface area contributed by atoms with Gasteiger partial charge in [0.25, 0.3) is 0 Å². The lowest BCUT2D eigenvalue weighted by molar-refractivity contribution is 0.675. The predicted molar refractivity (Wildman–Crippen MR) is 76.1 cm³/mol. The summed E-state index contributed by atoms with van der Waals surface area (Å²) in [5, 5.41) is 4.73. The van der Waals surface area contributed by atoms with E-state index < -0.39 is 0 Å². The Bertz CT molecular complexity index is 500. The fourth-order valence-electron chi connectivity index (χ4n) is 1.67. The van der Waals surface area contributed by atoms with E-state index in [-0.39, 0.29) is 0 Å². The molecule has 2 aromatic rings. The number of pyridine rings is 1. The number of aromatic nitrogens is 1. The third-order valence-electron chi connectivity index (χ3n) is 2.62. The Morgan fingerprint density at radius 3 is 2.72 bits per heavy atom. The maximum atomic E-state index is 6.10. The molecule has 0 aliphatic carbocycles. The van der Waals surface area contributed by atoms with Crippen LogP contribution in [-0.4, -0.2) is 11.5 Å². The molecule has 0 radical (unpaired) electrons. The van der Waals surface area contributed by atoms with Crippen LogP contribution in [0.1, 0.15) is 11.3 Å². The van der Waals surface area contributed by atoms with Gasteiger partial charge in [0.05, 0.1) is 5.69 Å². The first-order chi connectivity index (χ1) is 8.75. The quantitative estimate of drug-likeness (QED) is 0.845. The van der Waals surface area contributed by atoms with Gasteiger partial charge in [-0.25, -0.2) is 0 Å². The van der Waals surface area contributed by atoms with Crippen molar-refractivity contribution in [1.29, 1.82) is 0 Å². The van der Waals surface area contributed by atoms with Crippen LogP contribution in [0.4, 0.5) is 0 Å². The van der Waals surface area contributed by atoms with Gasteiger partial charge >= 0.3 is 0 Å². The average Bonchev–Trinajstić information content (AvgIpc) is 2.38. The Morgan fingerprint density at radius 2 is 2.00 bits per heavy atom. The Hall–Kier alpha value is -1.09. The minimum absolute atomic E-state index is 0.671. The van der Waals surface area contributed by atoms with Crippen molar-refractivity contribution in [1.82, 2.24) is 10.3 Å². The van der Waals surface area contributed by atoms with Crippen molar-refractivity contribution in [2.24, 2.45) is 0 Å². The molecule has 0 spiro atoms. The van der Waals surface area contributed by atoms with Crippen molar-refractivity contribution in [2.75, 3.05) is 6.54 Å². The van der Waals surface area contributed by atoms with Gasteiger partial charge in [-0.1, -0.05) is 35.3 Å². The highest BCUT2D eigenvalue weighted by atomic mass is 35.5. The van der Waals surface area contributed by atoms with Gasteiger partial charge in [0, 0.05) is 22.8 Å². The summed E-state index contributed by atoms with van der Waals surface area (Å²) in [5.41, 5.74) is 2.15. The number of nitrogens with one attached hydrogen (secondary N) is 1. The lowest BCUT2D eigenvalue weighted by atomic mass is 10.1. The monoisotopic (exact) mass is 280 g/mol. The standard InChI is InChI=1S/C14H14Cl2N2/c15-12-5-4-11(14(16)9-12)6-8-17-10-13-3-1-2-7-18-13/h1-5,7,9,17H,6,8,10H2. The first-order valence-corrected chi connectivity index (χ1v) is 6.56. The SMILES string of the molecule is Clc1ccc(CCNCc2ccccn2)c(Cl)c1. The molecule has 1 N–H and O–H groups in total. The molecule has 0 aliphatic heterocycles. The molecular formula is C14H14Cl2N2. The molecule has 0 bridgehead atoms. The van der Waals surface area contributed by atoms with Gasteiger partial charge in [-0.15, -0.1) is 0 Å². The second-order valence-corrected chi connectivity index (χ2v) is 4.83. The molecule has 0 amide bonds. The fourth-order valence-corrected chi connectivity index (χ4v) is 2.17. The van der Waals surface area contributed by atoms with E-state index in [1.54, 1.807) is 12.3 Å². The zero-order chi connectivity index (χ0) is 12.8. The van der Waals surface area contributed by atoms with Gasteiger partial charge in [0.1, 0.15) is 0 Å². The molecule has 18 heavy (non-hydrogen) atoms. The highest BCUT2D eigenvalue weighted by molar-refractivity contribution is 6.35.